The normalized spacial score (nSPS) is 11.9. The Hall–Kier alpha value is -1.84. The van der Waals surface area contributed by atoms with Crippen molar-refractivity contribution >= 4 is 11.9 Å². The van der Waals surface area contributed by atoms with Crippen molar-refractivity contribution in [3.63, 3.8) is 0 Å². The zero-order valence-electron chi connectivity index (χ0n) is 11.0. The first-order valence-corrected chi connectivity index (χ1v) is 5.95. The number of hydrogen-bond acceptors (Lipinski definition) is 2. The quantitative estimate of drug-likeness (QED) is 0.839. The van der Waals surface area contributed by atoms with E-state index in [0.29, 0.717) is 6.54 Å². The Morgan fingerprint density at radius 3 is 2.56 bits per heavy atom. The van der Waals surface area contributed by atoms with Gasteiger partial charge in [0, 0.05) is 13.0 Å². The molecule has 1 rings (SSSR count). The van der Waals surface area contributed by atoms with Crippen LogP contribution < -0.4 is 5.32 Å². The Morgan fingerprint density at radius 2 is 2.00 bits per heavy atom. The van der Waals surface area contributed by atoms with Gasteiger partial charge in [-0.25, -0.2) is 0 Å². The molecule has 1 aromatic rings. The highest BCUT2D eigenvalue weighted by molar-refractivity contribution is 5.81. The lowest BCUT2D eigenvalue weighted by Gasteiger charge is -2.10. The summed E-state index contributed by atoms with van der Waals surface area (Å²) in [6.07, 6.45) is 0.0141. The SMILES string of the molecule is Cc1ccc(CNC(=O)CC(C)C(=O)O)c(C)c1. The van der Waals surface area contributed by atoms with Crippen LogP contribution in [0.1, 0.15) is 30.0 Å². The molecule has 18 heavy (non-hydrogen) atoms. The molecular weight excluding hydrogens is 230 g/mol. The van der Waals surface area contributed by atoms with E-state index in [1.807, 2.05) is 26.0 Å². The number of carboxylic acid groups (broad SMARTS) is 1. The molecule has 98 valence electrons. The predicted octanol–water partition coefficient (Wildman–Crippen LogP) is 2.03. The van der Waals surface area contributed by atoms with Crippen molar-refractivity contribution in [3.05, 3.63) is 34.9 Å². The molecule has 0 heterocycles. The second-order valence-corrected chi connectivity index (χ2v) is 4.65. The monoisotopic (exact) mass is 249 g/mol. The van der Waals surface area contributed by atoms with Gasteiger partial charge in [0.05, 0.1) is 5.92 Å². The molecule has 0 aliphatic heterocycles. The highest BCUT2D eigenvalue weighted by Crippen LogP contribution is 2.10. The van der Waals surface area contributed by atoms with E-state index in [-0.39, 0.29) is 12.3 Å². The van der Waals surface area contributed by atoms with Gasteiger partial charge >= 0.3 is 5.97 Å². The summed E-state index contributed by atoms with van der Waals surface area (Å²) < 4.78 is 0. The molecule has 0 aliphatic carbocycles. The zero-order valence-corrected chi connectivity index (χ0v) is 11.0. The highest BCUT2D eigenvalue weighted by atomic mass is 16.4. The molecule has 1 amide bonds. The summed E-state index contributed by atoms with van der Waals surface area (Å²) in [5, 5.41) is 11.5. The van der Waals surface area contributed by atoms with E-state index in [9.17, 15) is 9.59 Å². The molecule has 0 fully saturated rings. The van der Waals surface area contributed by atoms with Crippen LogP contribution in [0.3, 0.4) is 0 Å². The van der Waals surface area contributed by atoms with Crippen molar-refractivity contribution in [3.8, 4) is 0 Å². The summed E-state index contributed by atoms with van der Waals surface area (Å²) in [7, 11) is 0. The van der Waals surface area contributed by atoms with E-state index in [2.05, 4.69) is 11.4 Å². The van der Waals surface area contributed by atoms with Crippen LogP contribution in [0.15, 0.2) is 18.2 Å². The van der Waals surface area contributed by atoms with Crippen molar-refractivity contribution in [1.29, 1.82) is 0 Å². The van der Waals surface area contributed by atoms with E-state index in [1.54, 1.807) is 0 Å². The van der Waals surface area contributed by atoms with Gasteiger partial charge < -0.3 is 10.4 Å². The van der Waals surface area contributed by atoms with Crippen LogP contribution in [0.5, 0.6) is 0 Å². The summed E-state index contributed by atoms with van der Waals surface area (Å²) in [6.45, 7) is 5.98. The summed E-state index contributed by atoms with van der Waals surface area (Å²) >= 11 is 0. The van der Waals surface area contributed by atoms with Gasteiger partial charge in [-0.3, -0.25) is 9.59 Å². The fourth-order valence-corrected chi connectivity index (χ4v) is 1.68. The predicted molar refractivity (Wildman–Crippen MR) is 69.2 cm³/mol. The highest BCUT2D eigenvalue weighted by Gasteiger charge is 2.15. The standard InChI is InChI=1S/C14H19NO3/c1-9-4-5-12(10(2)6-9)8-15-13(16)7-11(3)14(17)18/h4-6,11H,7-8H2,1-3H3,(H,15,16)(H,17,18). The van der Waals surface area contributed by atoms with E-state index in [1.165, 1.54) is 12.5 Å². The molecule has 0 radical (unpaired) electrons. The van der Waals surface area contributed by atoms with Crippen LogP contribution in [0.4, 0.5) is 0 Å². The molecule has 0 saturated heterocycles. The molecule has 0 bridgehead atoms. The molecular formula is C14H19NO3. The molecule has 4 heteroatoms. The first kappa shape index (κ1) is 14.2. The number of carbonyl (C=O) groups excluding carboxylic acids is 1. The molecule has 2 N–H and O–H groups in total. The number of aryl methyl sites for hydroxylation is 2. The Labute approximate surface area is 107 Å². The number of carbonyl (C=O) groups is 2. The van der Waals surface area contributed by atoms with Crippen molar-refractivity contribution in [2.24, 2.45) is 5.92 Å². The third kappa shape index (κ3) is 4.20. The first-order chi connectivity index (χ1) is 8.40. The molecule has 0 aliphatic rings. The van der Waals surface area contributed by atoms with Crippen LogP contribution in [0.25, 0.3) is 0 Å². The lowest BCUT2D eigenvalue weighted by atomic mass is 10.1. The number of aliphatic carboxylic acids is 1. The summed E-state index contributed by atoms with van der Waals surface area (Å²) in [6, 6.07) is 6.03. The number of hydrogen-bond donors (Lipinski definition) is 2. The van der Waals surface area contributed by atoms with Gasteiger partial charge in [0.15, 0.2) is 0 Å². The topological polar surface area (TPSA) is 66.4 Å². The average Bonchev–Trinajstić information content (AvgIpc) is 2.27. The van der Waals surface area contributed by atoms with Crippen LogP contribution in [-0.4, -0.2) is 17.0 Å². The molecule has 1 aromatic carbocycles. The van der Waals surface area contributed by atoms with Gasteiger partial charge in [-0.1, -0.05) is 30.7 Å². The van der Waals surface area contributed by atoms with Gasteiger partial charge in [-0.15, -0.1) is 0 Å². The first-order valence-electron chi connectivity index (χ1n) is 5.95. The molecule has 0 aromatic heterocycles. The second-order valence-electron chi connectivity index (χ2n) is 4.65. The zero-order chi connectivity index (χ0) is 13.7. The molecule has 1 unspecified atom stereocenters. The molecule has 0 spiro atoms. The van der Waals surface area contributed by atoms with Crippen LogP contribution >= 0.6 is 0 Å². The third-order valence-electron chi connectivity index (χ3n) is 2.89. The number of carboxylic acids is 1. The number of rotatable bonds is 5. The van der Waals surface area contributed by atoms with Crippen LogP contribution in [0, 0.1) is 19.8 Å². The summed E-state index contributed by atoms with van der Waals surface area (Å²) in [5.74, 6) is -1.83. The van der Waals surface area contributed by atoms with Crippen LogP contribution in [-0.2, 0) is 16.1 Å². The van der Waals surface area contributed by atoms with E-state index < -0.39 is 11.9 Å². The molecule has 0 saturated carbocycles. The third-order valence-corrected chi connectivity index (χ3v) is 2.89. The minimum Gasteiger partial charge on any atom is -0.481 e. The van der Waals surface area contributed by atoms with E-state index >= 15 is 0 Å². The largest absolute Gasteiger partial charge is 0.481 e. The van der Waals surface area contributed by atoms with Gasteiger partial charge in [0.25, 0.3) is 0 Å². The summed E-state index contributed by atoms with van der Waals surface area (Å²) in [5.41, 5.74) is 3.36. The number of amides is 1. The fraction of sp³-hybridized carbons (Fsp3) is 0.429. The number of nitrogens with one attached hydrogen (secondary N) is 1. The van der Waals surface area contributed by atoms with E-state index in [4.69, 9.17) is 5.11 Å². The maximum absolute atomic E-state index is 11.5. The Morgan fingerprint density at radius 1 is 1.33 bits per heavy atom. The lowest BCUT2D eigenvalue weighted by Crippen LogP contribution is -2.27. The number of benzene rings is 1. The van der Waals surface area contributed by atoms with Crippen molar-refractivity contribution in [1.82, 2.24) is 5.32 Å². The maximum atomic E-state index is 11.5. The fourth-order valence-electron chi connectivity index (χ4n) is 1.68. The Bertz CT molecular complexity index is 454. The van der Waals surface area contributed by atoms with Gasteiger partial charge in [-0.2, -0.15) is 0 Å². The Kier molecular flexibility index (Phi) is 4.89. The van der Waals surface area contributed by atoms with Crippen molar-refractivity contribution in [2.75, 3.05) is 0 Å². The van der Waals surface area contributed by atoms with Crippen LogP contribution in [0.2, 0.25) is 0 Å². The minimum atomic E-state index is -0.948. The van der Waals surface area contributed by atoms with Gasteiger partial charge in [0.2, 0.25) is 5.91 Å². The van der Waals surface area contributed by atoms with Crippen molar-refractivity contribution in [2.45, 2.75) is 33.7 Å². The molecule has 1 atom stereocenters. The van der Waals surface area contributed by atoms with Crippen molar-refractivity contribution < 1.29 is 14.7 Å². The Balaban J connectivity index is 2.50. The molecule has 4 nitrogen and oxygen atoms in total. The summed E-state index contributed by atoms with van der Waals surface area (Å²) in [4.78, 5) is 22.2. The average molecular weight is 249 g/mol. The van der Waals surface area contributed by atoms with Gasteiger partial charge in [-0.05, 0) is 25.0 Å². The maximum Gasteiger partial charge on any atom is 0.306 e. The lowest BCUT2D eigenvalue weighted by molar-refractivity contribution is -0.143. The minimum absolute atomic E-state index is 0.0141. The second kappa shape index (κ2) is 6.19. The van der Waals surface area contributed by atoms with Gasteiger partial charge in [0.1, 0.15) is 0 Å². The smallest absolute Gasteiger partial charge is 0.306 e. The van der Waals surface area contributed by atoms with E-state index in [0.717, 1.165) is 11.1 Å².